The maximum atomic E-state index is 9.59. The Labute approximate surface area is 45.7 Å². The standard InChI is InChI=1S/C4H6O4/c5-3(6)1-2-4(7)8/h1-3,5-6H,(H,7,8)/b2-1-. The zero-order chi connectivity index (χ0) is 6.57. The third-order valence-corrected chi connectivity index (χ3v) is 0.411. The molecule has 46 valence electrons. The van der Waals surface area contributed by atoms with Crippen molar-refractivity contribution in [3.05, 3.63) is 12.2 Å². The van der Waals surface area contributed by atoms with Crippen molar-refractivity contribution < 1.29 is 20.1 Å². The number of carboxylic acids is 1. The summed E-state index contributed by atoms with van der Waals surface area (Å²) in [5, 5.41) is 23.9. The number of aliphatic carboxylic acids is 1. The van der Waals surface area contributed by atoms with Gasteiger partial charge < -0.3 is 15.3 Å². The number of aliphatic hydroxyl groups is 2. The van der Waals surface area contributed by atoms with E-state index in [1.165, 1.54) is 0 Å². The van der Waals surface area contributed by atoms with E-state index in [9.17, 15) is 4.79 Å². The van der Waals surface area contributed by atoms with Crippen LogP contribution in [0.4, 0.5) is 0 Å². The summed E-state index contributed by atoms with van der Waals surface area (Å²) in [4.78, 5) is 9.59. The fraction of sp³-hybridized carbons (Fsp3) is 0.250. The minimum absolute atomic E-state index is 0.657. The average Bonchev–Trinajstić information content (AvgIpc) is 1.61. The second-order valence-corrected chi connectivity index (χ2v) is 1.11. The lowest BCUT2D eigenvalue weighted by Gasteiger charge is -1.88. The molecule has 0 aliphatic carbocycles. The van der Waals surface area contributed by atoms with Crippen LogP contribution in [0.5, 0.6) is 0 Å². The highest BCUT2D eigenvalue weighted by Crippen LogP contribution is 1.77. The van der Waals surface area contributed by atoms with E-state index in [2.05, 4.69) is 0 Å². The van der Waals surface area contributed by atoms with Crippen molar-refractivity contribution in [2.24, 2.45) is 0 Å². The molecule has 0 radical (unpaired) electrons. The zero-order valence-electron chi connectivity index (χ0n) is 3.98. The van der Waals surface area contributed by atoms with Crippen LogP contribution in [0.25, 0.3) is 0 Å². The maximum Gasteiger partial charge on any atom is 0.328 e. The first kappa shape index (κ1) is 7.13. The molecule has 0 spiro atoms. The predicted octanol–water partition coefficient (Wildman–Crippen LogP) is -1.06. The van der Waals surface area contributed by atoms with E-state index in [0.717, 1.165) is 6.08 Å². The van der Waals surface area contributed by atoms with Gasteiger partial charge in [0.2, 0.25) is 0 Å². The van der Waals surface area contributed by atoms with Gasteiger partial charge in [0, 0.05) is 6.08 Å². The van der Waals surface area contributed by atoms with Crippen LogP contribution in [0.3, 0.4) is 0 Å². The molecule has 0 saturated carbocycles. The summed E-state index contributed by atoms with van der Waals surface area (Å²) in [6.45, 7) is 0. The first-order valence-electron chi connectivity index (χ1n) is 1.90. The smallest absolute Gasteiger partial charge is 0.328 e. The van der Waals surface area contributed by atoms with Gasteiger partial charge in [-0.15, -0.1) is 0 Å². The molecule has 4 nitrogen and oxygen atoms in total. The molecule has 0 amide bonds. The first-order valence-corrected chi connectivity index (χ1v) is 1.90. The highest BCUT2D eigenvalue weighted by molar-refractivity contribution is 5.79. The summed E-state index contributed by atoms with van der Waals surface area (Å²) in [6.07, 6.45) is -0.265. The second kappa shape index (κ2) is 3.17. The van der Waals surface area contributed by atoms with Gasteiger partial charge in [-0.25, -0.2) is 4.79 Å². The van der Waals surface area contributed by atoms with Crippen molar-refractivity contribution in [1.82, 2.24) is 0 Å². The molecule has 0 aliphatic rings. The Hall–Kier alpha value is -0.870. The molecule has 0 fully saturated rings. The molecule has 0 aromatic heterocycles. The van der Waals surface area contributed by atoms with Crippen LogP contribution in [-0.2, 0) is 4.79 Å². The van der Waals surface area contributed by atoms with Crippen molar-refractivity contribution >= 4 is 5.97 Å². The Kier molecular flexibility index (Phi) is 2.83. The molecule has 0 atom stereocenters. The van der Waals surface area contributed by atoms with Gasteiger partial charge in [0.25, 0.3) is 0 Å². The normalized spacial score (nSPS) is 10.9. The van der Waals surface area contributed by atoms with Gasteiger partial charge in [-0.2, -0.15) is 0 Å². The Bertz CT molecular complexity index is 105. The van der Waals surface area contributed by atoms with E-state index in [0.29, 0.717) is 6.08 Å². The van der Waals surface area contributed by atoms with Gasteiger partial charge in [-0.1, -0.05) is 0 Å². The molecular formula is C4H6O4. The predicted molar refractivity (Wildman–Crippen MR) is 25.0 cm³/mol. The molecule has 0 heterocycles. The van der Waals surface area contributed by atoms with Gasteiger partial charge in [-0.05, 0) is 6.08 Å². The summed E-state index contributed by atoms with van der Waals surface area (Å²) < 4.78 is 0. The van der Waals surface area contributed by atoms with Gasteiger partial charge in [0.1, 0.15) is 0 Å². The highest BCUT2D eigenvalue weighted by Gasteiger charge is 1.88. The van der Waals surface area contributed by atoms with Crippen molar-refractivity contribution in [1.29, 1.82) is 0 Å². The molecule has 0 unspecified atom stereocenters. The highest BCUT2D eigenvalue weighted by atomic mass is 16.5. The third kappa shape index (κ3) is 5.13. The lowest BCUT2D eigenvalue weighted by atomic mass is 10.5. The number of hydrogen-bond donors (Lipinski definition) is 3. The summed E-state index contributed by atoms with van der Waals surface area (Å²) in [5.41, 5.74) is 0. The Balaban J connectivity index is 3.50. The lowest BCUT2D eigenvalue weighted by molar-refractivity contribution is -0.131. The van der Waals surface area contributed by atoms with E-state index in [-0.39, 0.29) is 0 Å². The first-order chi connectivity index (χ1) is 3.63. The average molecular weight is 118 g/mol. The molecule has 8 heavy (non-hydrogen) atoms. The number of carbonyl (C=O) groups is 1. The molecule has 0 aliphatic heterocycles. The largest absolute Gasteiger partial charge is 0.478 e. The van der Waals surface area contributed by atoms with Crippen LogP contribution in [0, 0.1) is 0 Å². The number of hydrogen-bond acceptors (Lipinski definition) is 3. The molecule has 0 aromatic carbocycles. The fourth-order valence-electron chi connectivity index (χ4n) is 0.168. The molecule has 0 aromatic rings. The van der Waals surface area contributed by atoms with Crippen LogP contribution in [-0.4, -0.2) is 27.6 Å². The number of rotatable bonds is 2. The Morgan fingerprint density at radius 3 is 2.12 bits per heavy atom. The maximum absolute atomic E-state index is 9.59. The molecule has 3 N–H and O–H groups in total. The van der Waals surface area contributed by atoms with E-state index in [1.807, 2.05) is 0 Å². The summed E-state index contributed by atoms with van der Waals surface area (Å²) in [5.74, 6) is -1.20. The number of carboxylic acid groups (broad SMARTS) is 1. The van der Waals surface area contributed by atoms with Crippen LogP contribution in [0.1, 0.15) is 0 Å². The minimum Gasteiger partial charge on any atom is -0.478 e. The molecular weight excluding hydrogens is 112 g/mol. The molecule has 0 bridgehead atoms. The van der Waals surface area contributed by atoms with Crippen LogP contribution >= 0.6 is 0 Å². The van der Waals surface area contributed by atoms with Crippen molar-refractivity contribution in [3.63, 3.8) is 0 Å². The van der Waals surface area contributed by atoms with E-state index < -0.39 is 12.3 Å². The minimum atomic E-state index is -1.67. The Morgan fingerprint density at radius 2 is 2.00 bits per heavy atom. The van der Waals surface area contributed by atoms with E-state index in [4.69, 9.17) is 15.3 Å². The zero-order valence-corrected chi connectivity index (χ0v) is 3.98. The Morgan fingerprint density at radius 1 is 1.50 bits per heavy atom. The molecule has 0 rings (SSSR count). The van der Waals surface area contributed by atoms with Crippen LogP contribution in [0.2, 0.25) is 0 Å². The van der Waals surface area contributed by atoms with Gasteiger partial charge >= 0.3 is 5.97 Å². The SMILES string of the molecule is O=C(O)/C=C\C(O)O. The monoisotopic (exact) mass is 118 g/mol. The summed E-state index contributed by atoms with van der Waals surface area (Å²) in [7, 11) is 0. The van der Waals surface area contributed by atoms with Crippen molar-refractivity contribution in [2.45, 2.75) is 6.29 Å². The fourth-order valence-corrected chi connectivity index (χ4v) is 0.168. The van der Waals surface area contributed by atoms with Crippen molar-refractivity contribution in [3.8, 4) is 0 Å². The van der Waals surface area contributed by atoms with Gasteiger partial charge in [0.15, 0.2) is 6.29 Å². The summed E-state index contributed by atoms with van der Waals surface area (Å²) >= 11 is 0. The van der Waals surface area contributed by atoms with E-state index >= 15 is 0 Å². The summed E-state index contributed by atoms with van der Waals surface area (Å²) in [6, 6.07) is 0. The van der Waals surface area contributed by atoms with Crippen LogP contribution < -0.4 is 0 Å². The molecule has 0 saturated heterocycles. The lowest BCUT2D eigenvalue weighted by Crippen LogP contribution is -1.99. The van der Waals surface area contributed by atoms with Crippen LogP contribution in [0.15, 0.2) is 12.2 Å². The second-order valence-electron chi connectivity index (χ2n) is 1.11. The third-order valence-electron chi connectivity index (χ3n) is 0.411. The van der Waals surface area contributed by atoms with Crippen molar-refractivity contribution in [2.75, 3.05) is 0 Å². The van der Waals surface area contributed by atoms with Gasteiger partial charge in [-0.3, -0.25) is 0 Å². The molecule has 4 heteroatoms. The topological polar surface area (TPSA) is 77.8 Å². The number of aliphatic hydroxyl groups excluding tert-OH is 1. The van der Waals surface area contributed by atoms with E-state index in [1.54, 1.807) is 0 Å². The van der Waals surface area contributed by atoms with Gasteiger partial charge in [0.05, 0.1) is 0 Å². The quantitative estimate of drug-likeness (QED) is 0.319.